The Balaban J connectivity index is 1.46. The summed E-state index contributed by atoms with van der Waals surface area (Å²) < 4.78 is 5.21. The summed E-state index contributed by atoms with van der Waals surface area (Å²) in [6.45, 7) is 1.84. The molecule has 4 aromatic carbocycles. The minimum atomic E-state index is -0.499. The number of methoxy groups -OCH3 is 1. The van der Waals surface area contributed by atoms with E-state index in [-0.39, 0.29) is 17.4 Å². The van der Waals surface area contributed by atoms with E-state index in [4.69, 9.17) is 16.3 Å². The first kappa shape index (κ1) is 29.5. The number of halogens is 1. The Morgan fingerprint density at radius 2 is 1.61 bits per heavy atom. The number of nitrogens with one attached hydrogen (secondary N) is 3. The second-order valence-corrected chi connectivity index (χ2v) is 10.3. The molecule has 0 saturated carbocycles. The third kappa shape index (κ3) is 8.48. The maximum absolute atomic E-state index is 13.3. The molecule has 4 aromatic rings. The molecule has 0 unspecified atom stereocenters. The molecule has 0 spiro atoms. The monoisotopic (exact) mass is 585 g/mol. The van der Waals surface area contributed by atoms with Gasteiger partial charge in [-0.2, -0.15) is 0 Å². The van der Waals surface area contributed by atoms with Crippen molar-refractivity contribution >= 4 is 58.5 Å². The summed E-state index contributed by atoms with van der Waals surface area (Å²) >= 11 is 7.47. The standard InChI is InChI=1S/C32H28ClN3O4S/c1-21-27(33)12-7-13-28(21)35-30(37)20-41-26-11-6-10-24(19-26)34-32(39)29(18-22-14-16-25(40-2)17-15-22)36-31(38)23-8-4-3-5-9-23/h3-19H,20H2,1-2H3,(H,34,39)(H,35,37)(H,36,38)/b29-18+. The van der Waals surface area contributed by atoms with Crippen LogP contribution in [0.1, 0.15) is 21.5 Å². The average Bonchev–Trinajstić information content (AvgIpc) is 2.99. The molecule has 3 N–H and O–H groups in total. The van der Waals surface area contributed by atoms with Gasteiger partial charge in [-0.3, -0.25) is 14.4 Å². The smallest absolute Gasteiger partial charge is 0.272 e. The maximum atomic E-state index is 13.3. The molecular formula is C32H28ClN3O4S. The van der Waals surface area contributed by atoms with E-state index in [1.54, 1.807) is 98.1 Å². The summed E-state index contributed by atoms with van der Waals surface area (Å²) in [4.78, 5) is 39.5. The first-order valence-corrected chi connectivity index (χ1v) is 14.0. The van der Waals surface area contributed by atoms with Gasteiger partial charge in [-0.05, 0) is 78.7 Å². The lowest BCUT2D eigenvalue weighted by Gasteiger charge is -2.12. The fourth-order valence-corrected chi connectivity index (χ4v) is 4.68. The SMILES string of the molecule is COc1ccc(/C=C(/NC(=O)c2ccccc2)C(=O)Nc2cccc(SCC(=O)Nc3cccc(Cl)c3C)c2)cc1. The van der Waals surface area contributed by atoms with Gasteiger partial charge in [0.1, 0.15) is 11.4 Å². The Labute approximate surface area is 248 Å². The topological polar surface area (TPSA) is 96.5 Å². The minimum Gasteiger partial charge on any atom is -0.497 e. The number of hydrogen-bond acceptors (Lipinski definition) is 5. The zero-order chi connectivity index (χ0) is 29.2. The number of hydrogen-bond donors (Lipinski definition) is 3. The quantitative estimate of drug-likeness (QED) is 0.140. The van der Waals surface area contributed by atoms with Gasteiger partial charge in [-0.15, -0.1) is 11.8 Å². The van der Waals surface area contributed by atoms with Crippen LogP contribution >= 0.6 is 23.4 Å². The normalized spacial score (nSPS) is 11.0. The van der Waals surface area contributed by atoms with Crippen molar-refractivity contribution in [1.82, 2.24) is 5.32 Å². The highest BCUT2D eigenvalue weighted by molar-refractivity contribution is 8.00. The van der Waals surface area contributed by atoms with Gasteiger partial charge >= 0.3 is 0 Å². The van der Waals surface area contributed by atoms with Crippen molar-refractivity contribution in [2.75, 3.05) is 23.5 Å². The van der Waals surface area contributed by atoms with Gasteiger partial charge in [0.05, 0.1) is 12.9 Å². The molecule has 0 aliphatic rings. The fourth-order valence-electron chi connectivity index (χ4n) is 3.75. The Bertz CT molecular complexity index is 1570. The molecule has 0 aliphatic heterocycles. The van der Waals surface area contributed by atoms with E-state index in [9.17, 15) is 14.4 Å². The Morgan fingerprint density at radius 1 is 0.878 bits per heavy atom. The number of carbonyl (C=O) groups excluding carboxylic acids is 3. The molecule has 4 rings (SSSR count). The highest BCUT2D eigenvalue weighted by Crippen LogP contribution is 2.25. The molecule has 0 radical (unpaired) electrons. The predicted molar refractivity (Wildman–Crippen MR) is 165 cm³/mol. The third-order valence-electron chi connectivity index (χ3n) is 5.96. The van der Waals surface area contributed by atoms with E-state index < -0.39 is 11.8 Å². The van der Waals surface area contributed by atoms with Gasteiger partial charge in [-0.25, -0.2) is 0 Å². The molecule has 0 saturated heterocycles. The van der Waals surface area contributed by atoms with E-state index in [1.807, 2.05) is 19.1 Å². The Morgan fingerprint density at radius 3 is 2.34 bits per heavy atom. The number of amides is 3. The van der Waals surface area contributed by atoms with Gasteiger partial charge in [-0.1, -0.05) is 54.1 Å². The van der Waals surface area contributed by atoms with Crippen LogP contribution in [-0.2, 0) is 9.59 Å². The second kappa shape index (κ2) is 14.2. The van der Waals surface area contributed by atoms with Crippen LogP contribution in [0.5, 0.6) is 5.75 Å². The molecule has 0 heterocycles. The highest BCUT2D eigenvalue weighted by Gasteiger charge is 2.16. The second-order valence-electron chi connectivity index (χ2n) is 8.88. The zero-order valence-electron chi connectivity index (χ0n) is 22.4. The summed E-state index contributed by atoms with van der Waals surface area (Å²) in [7, 11) is 1.57. The summed E-state index contributed by atoms with van der Waals surface area (Å²) in [5.41, 5.74) is 3.17. The summed E-state index contributed by atoms with van der Waals surface area (Å²) in [5, 5.41) is 9.03. The lowest BCUT2D eigenvalue weighted by atomic mass is 10.1. The highest BCUT2D eigenvalue weighted by atomic mass is 35.5. The maximum Gasteiger partial charge on any atom is 0.272 e. The van der Waals surface area contributed by atoms with Crippen LogP contribution < -0.4 is 20.7 Å². The molecule has 0 atom stereocenters. The minimum absolute atomic E-state index is 0.0679. The zero-order valence-corrected chi connectivity index (χ0v) is 24.0. The lowest BCUT2D eigenvalue weighted by molar-refractivity contribution is -0.114. The molecule has 7 nitrogen and oxygen atoms in total. The van der Waals surface area contributed by atoms with E-state index in [0.717, 1.165) is 10.5 Å². The third-order valence-corrected chi connectivity index (χ3v) is 7.36. The Hall–Kier alpha value is -4.53. The van der Waals surface area contributed by atoms with Crippen molar-refractivity contribution in [3.8, 4) is 5.75 Å². The van der Waals surface area contributed by atoms with Crippen LogP contribution in [0.15, 0.2) is 108 Å². The molecule has 208 valence electrons. The predicted octanol–water partition coefficient (Wildman–Crippen LogP) is 6.80. The average molecular weight is 586 g/mol. The largest absolute Gasteiger partial charge is 0.497 e. The van der Waals surface area contributed by atoms with E-state index in [2.05, 4.69) is 16.0 Å². The van der Waals surface area contributed by atoms with Crippen molar-refractivity contribution < 1.29 is 19.1 Å². The number of benzene rings is 4. The van der Waals surface area contributed by atoms with Crippen molar-refractivity contribution in [1.29, 1.82) is 0 Å². The van der Waals surface area contributed by atoms with Gasteiger partial charge in [0.2, 0.25) is 5.91 Å². The van der Waals surface area contributed by atoms with Crippen molar-refractivity contribution in [3.05, 3.63) is 124 Å². The molecule has 0 aliphatic carbocycles. The van der Waals surface area contributed by atoms with E-state index >= 15 is 0 Å². The first-order valence-electron chi connectivity index (χ1n) is 12.6. The van der Waals surface area contributed by atoms with Gasteiger partial charge < -0.3 is 20.7 Å². The fraction of sp³-hybridized carbons (Fsp3) is 0.0938. The molecule has 41 heavy (non-hydrogen) atoms. The lowest BCUT2D eigenvalue weighted by Crippen LogP contribution is -2.30. The number of ether oxygens (including phenoxy) is 1. The van der Waals surface area contributed by atoms with Crippen LogP contribution in [-0.4, -0.2) is 30.6 Å². The molecule has 3 amide bonds. The van der Waals surface area contributed by atoms with Gasteiger partial charge in [0.15, 0.2) is 0 Å². The van der Waals surface area contributed by atoms with Crippen molar-refractivity contribution in [3.63, 3.8) is 0 Å². The number of thioether (sulfide) groups is 1. The van der Waals surface area contributed by atoms with Crippen molar-refractivity contribution in [2.24, 2.45) is 0 Å². The molecule has 9 heteroatoms. The summed E-state index contributed by atoms with van der Waals surface area (Å²) in [6, 6.07) is 28.3. The van der Waals surface area contributed by atoms with Crippen LogP contribution in [0.3, 0.4) is 0 Å². The van der Waals surface area contributed by atoms with Gasteiger partial charge in [0.25, 0.3) is 11.8 Å². The molecule has 0 aromatic heterocycles. The van der Waals surface area contributed by atoms with Crippen LogP contribution in [0.25, 0.3) is 6.08 Å². The van der Waals surface area contributed by atoms with Crippen LogP contribution in [0.2, 0.25) is 5.02 Å². The van der Waals surface area contributed by atoms with E-state index in [0.29, 0.717) is 33.3 Å². The number of rotatable bonds is 10. The summed E-state index contributed by atoms with van der Waals surface area (Å²) in [6.07, 6.45) is 1.59. The van der Waals surface area contributed by atoms with Gasteiger partial charge in [0, 0.05) is 26.9 Å². The van der Waals surface area contributed by atoms with Crippen molar-refractivity contribution in [2.45, 2.75) is 11.8 Å². The van der Waals surface area contributed by atoms with E-state index in [1.165, 1.54) is 11.8 Å². The molecule has 0 fully saturated rings. The number of anilines is 2. The first-order chi connectivity index (χ1) is 19.8. The van der Waals surface area contributed by atoms with Crippen LogP contribution in [0.4, 0.5) is 11.4 Å². The summed E-state index contributed by atoms with van der Waals surface area (Å²) in [5.74, 6) is -0.249. The molecular weight excluding hydrogens is 558 g/mol. The molecule has 0 bridgehead atoms. The number of carbonyl (C=O) groups is 3. The van der Waals surface area contributed by atoms with Crippen LogP contribution in [0, 0.1) is 6.92 Å². The Kier molecular flexibility index (Phi) is 10.2.